The van der Waals surface area contributed by atoms with E-state index in [-0.39, 0.29) is 6.10 Å². The zero-order chi connectivity index (χ0) is 9.97. The smallest absolute Gasteiger partial charge is 0.0555 e. The highest BCUT2D eigenvalue weighted by atomic mass is 16.3. The first-order valence-corrected chi connectivity index (χ1v) is 5.16. The number of rotatable bonds is 3. The highest BCUT2D eigenvalue weighted by Gasteiger charge is 2.22. The second-order valence-electron chi connectivity index (χ2n) is 4.06. The summed E-state index contributed by atoms with van der Waals surface area (Å²) in [5.41, 5.74) is 2.34. The van der Waals surface area contributed by atoms with Gasteiger partial charge in [-0.05, 0) is 26.2 Å². The van der Waals surface area contributed by atoms with Crippen molar-refractivity contribution in [2.75, 3.05) is 0 Å². The maximum Gasteiger partial charge on any atom is 0.0555 e. The third-order valence-corrected chi connectivity index (χ3v) is 2.92. The van der Waals surface area contributed by atoms with E-state index in [4.69, 9.17) is 0 Å². The number of hydrogen-bond acceptors (Lipinski definition) is 3. The van der Waals surface area contributed by atoms with Crippen molar-refractivity contribution in [3.8, 4) is 0 Å². The molecule has 1 aliphatic carbocycles. The molecule has 1 heterocycles. The number of nitrogens with one attached hydrogen (secondary N) is 2. The molecule has 0 spiro atoms. The minimum atomic E-state index is -0.0991. The Bertz CT molecular complexity index is 297. The van der Waals surface area contributed by atoms with E-state index in [1.165, 1.54) is 5.56 Å². The van der Waals surface area contributed by atoms with E-state index in [1.54, 1.807) is 0 Å². The Morgan fingerprint density at radius 3 is 3.07 bits per heavy atom. The monoisotopic (exact) mass is 195 g/mol. The Labute approximate surface area is 83.7 Å². The van der Waals surface area contributed by atoms with Gasteiger partial charge in [-0.1, -0.05) is 0 Å². The van der Waals surface area contributed by atoms with Crippen LogP contribution < -0.4 is 5.32 Å². The van der Waals surface area contributed by atoms with Gasteiger partial charge in [-0.25, -0.2) is 0 Å². The third-order valence-electron chi connectivity index (χ3n) is 2.92. The first-order chi connectivity index (χ1) is 6.75. The molecule has 78 valence electrons. The highest BCUT2D eigenvalue weighted by Crippen LogP contribution is 2.19. The number of aromatic nitrogens is 2. The molecule has 2 rings (SSSR count). The number of aromatic amines is 1. The second kappa shape index (κ2) is 4.11. The van der Waals surface area contributed by atoms with Crippen LogP contribution in [0.4, 0.5) is 0 Å². The number of hydrogen-bond donors (Lipinski definition) is 3. The zero-order valence-electron chi connectivity index (χ0n) is 8.45. The Kier molecular flexibility index (Phi) is 2.84. The summed E-state index contributed by atoms with van der Waals surface area (Å²) in [6, 6.07) is 0.472. The lowest BCUT2D eigenvalue weighted by Gasteiger charge is -2.11. The number of aliphatic hydroxyl groups is 1. The van der Waals surface area contributed by atoms with Crippen LogP contribution in [0.15, 0.2) is 6.20 Å². The fraction of sp³-hybridized carbons (Fsp3) is 0.700. The van der Waals surface area contributed by atoms with Crippen LogP contribution in [0.5, 0.6) is 0 Å². The first kappa shape index (κ1) is 9.68. The Morgan fingerprint density at radius 1 is 1.64 bits per heavy atom. The molecule has 1 aliphatic rings. The molecule has 2 atom stereocenters. The fourth-order valence-electron chi connectivity index (χ4n) is 1.95. The number of nitrogens with zero attached hydrogens (tertiary/aromatic N) is 1. The number of H-pyrrole nitrogens is 1. The van der Waals surface area contributed by atoms with E-state index in [1.807, 2.05) is 13.1 Å². The molecule has 0 unspecified atom stereocenters. The van der Waals surface area contributed by atoms with Gasteiger partial charge < -0.3 is 10.4 Å². The lowest BCUT2D eigenvalue weighted by molar-refractivity contribution is 0.179. The predicted octanol–water partition coefficient (Wildman–Crippen LogP) is 0.721. The van der Waals surface area contributed by atoms with Crippen LogP contribution in [0.3, 0.4) is 0 Å². The van der Waals surface area contributed by atoms with Crippen molar-refractivity contribution >= 4 is 0 Å². The molecule has 0 radical (unpaired) electrons. The van der Waals surface area contributed by atoms with Crippen molar-refractivity contribution in [3.63, 3.8) is 0 Å². The van der Waals surface area contributed by atoms with Crippen molar-refractivity contribution < 1.29 is 5.11 Å². The molecule has 0 aliphatic heterocycles. The molecule has 4 nitrogen and oxygen atoms in total. The van der Waals surface area contributed by atoms with E-state index in [9.17, 15) is 5.11 Å². The van der Waals surface area contributed by atoms with Crippen molar-refractivity contribution in [1.29, 1.82) is 0 Å². The predicted molar refractivity (Wildman–Crippen MR) is 53.8 cm³/mol. The van der Waals surface area contributed by atoms with Gasteiger partial charge in [0, 0.05) is 23.8 Å². The van der Waals surface area contributed by atoms with E-state index in [2.05, 4.69) is 15.5 Å². The summed E-state index contributed by atoms with van der Waals surface area (Å²) < 4.78 is 0. The largest absolute Gasteiger partial charge is 0.393 e. The summed E-state index contributed by atoms with van der Waals surface area (Å²) in [7, 11) is 0. The van der Waals surface area contributed by atoms with Gasteiger partial charge in [-0.3, -0.25) is 5.10 Å². The summed E-state index contributed by atoms with van der Waals surface area (Å²) >= 11 is 0. The molecule has 0 bridgehead atoms. The summed E-state index contributed by atoms with van der Waals surface area (Å²) in [4.78, 5) is 0. The lowest BCUT2D eigenvalue weighted by atomic mass is 10.2. The van der Waals surface area contributed by atoms with Crippen molar-refractivity contribution in [2.24, 2.45) is 0 Å². The van der Waals surface area contributed by atoms with Crippen molar-refractivity contribution in [2.45, 2.75) is 44.9 Å². The van der Waals surface area contributed by atoms with Crippen LogP contribution in [0.1, 0.15) is 30.5 Å². The van der Waals surface area contributed by atoms with Gasteiger partial charge in [0.05, 0.1) is 12.3 Å². The van der Waals surface area contributed by atoms with E-state index in [0.29, 0.717) is 6.04 Å². The van der Waals surface area contributed by atoms with Gasteiger partial charge in [0.1, 0.15) is 0 Å². The van der Waals surface area contributed by atoms with Crippen LogP contribution >= 0.6 is 0 Å². The molecule has 14 heavy (non-hydrogen) atoms. The van der Waals surface area contributed by atoms with E-state index in [0.717, 1.165) is 31.5 Å². The molecule has 1 fully saturated rings. The van der Waals surface area contributed by atoms with Crippen LogP contribution in [0.25, 0.3) is 0 Å². The van der Waals surface area contributed by atoms with Gasteiger partial charge in [0.25, 0.3) is 0 Å². The Hall–Kier alpha value is -0.870. The Morgan fingerprint density at radius 2 is 2.50 bits per heavy atom. The zero-order valence-corrected chi connectivity index (χ0v) is 8.45. The summed E-state index contributed by atoms with van der Waals surface area (Å²) in [6.45, 7) is 2.87. The maximum absolute atomic E-state index is 9.35. The Balaban J connectivity index is 1.80. The molecule has 4 heteroatoms. The van der Waals surface area contributed by atoms with Gasteiger partial charge in [0.2, 0.25) is 0 Å². The van der Waals surface area contributed by atoms with E-state index < -0.39 is 0 Å². The SMILES string of the molecule is Cc1[nH]ncc1CN[C@H]1CC[C@@H](O)C1. The summed E-state index contributed by atoms with van der Waals surface area (Å²) in [5, 5.41) is 19.7. The topological polar surface area (TPSA) is 60.9 Å². The van der Waals surface area contributed by atoms with Crippen LogP contribution in [0.2, 0.25) is 0 Å². The minimum Gasteiger partial charge on any atom is -0.393 e. The normalized spacial score (nSPS) is 27.0. The average Bonchev–Trinajstić information content (AvgIpc) is 2.72. The standard InChI is InChI=1S/C10H17N3O/c1-7-8(6-12-13-7)5-11-9-2-3-10(14)4-9/h6,9-11,14H,2-5H2,1H3,(H,12,13)/t9-,10+/m0/s1. The maximum atomic E-state index is 9.35. The minimum absolute atomic E-state index is 0.0991. The second-order valence-corrected chi connectivity index (χ2v) is 4.06. The summed E-state index contributed by atoms with van der Waals surface area (Å²) in [6.07, 6.45) is 4.66. The molecule has 0 saturated heterocycles. The molecule has 1 aromatic rings. The van der Waals surface area contributed by atoms with Gasteiger partial charge in [-0.2, -0.15) is 5.10 Å². The van der Waals surface area contributed by atoms with Gasteiger partial charge in [-0.15, -0.1) is 0 Å². The van der Waals surface area contributed by atoms with Crippen LogP contribution in [-0.4, -0.2) is 27.4 Å². The molecular weight excluding hydrogens is 178 g/mol. The average molecular weight is 195 g/mol. The summed E-state index contributed by atoms with van der Waals surface area (Å²) in [5.74, 6) is 0. The van der Waals surface area contributed by atoms with Gasteiger partial charge in [0.15, 0.2) is 0 Å². The van der Waals surface area contributed by atoms with Crippen molar-refractivity contribution in [3.05, 3.63) is 17.5 Å². The highest BCUT2D eigenvalue weighted by molar-refractivity contribution is 5.13. The molecular formula is C10H17N3O. The molecule has 3 N–H and O–H groups in total. The molecule has 1 aromatic heterocycles. The van der Waals surface area contributed by atoms with Gasteiger partial charge >= 0.3 is 0 Å². The number of aliphatic hydroxyl groups excluding tert-OH is 1. The molecule has 0 aromatic carbocycles. The number of aryl methyl sites for hydroxylation is 1. The van der Waals surface area contributed by atoms with E-state index >= 15 is 0 Å². The quantitative estimate of drug-likeness (QED) is 0.666. The van der Waals surface area contributed by atoms with Crippen molar-refractivity contribution in [1.82, 2.24) is 15.5 Å². The third kappa shape index (κ3) is 2.13. The fourth-order valence-corrected chi connectivity index (χ4v) is 1.95. The lowest BCUT2D eigenvalue weighted by Crippen LogP contribution is -2.26. The van der Waals surface area contributed by atoms with Crippen LogP contribution in [0, 0.1) is 6.92 Å². The first-order valence-electron chi connectivity index (χ1n) is 5.16. The van der Waals surface area contributed by atoms with Crippen LogP contribution in [-0.2, 0) is 6.54 Å². The molecule has 0 amide bonds. The molecule has 1 saturated carbocycles.